The van der Waals surface area contributed by atoms with E-state index in [2.05, 4.69) is 18.3 Å². The highest BCUT2D eigenvalue weighted by atomic mass is 35.5. The van der Waals surface area contributed by atoms with Crippen LogP contribution in [0.5, 0.6) is 0 Å². The summed E-state index contributed by atoms with van der Waals surface area (Å²) >= 11 is 12.0. The van der Waals surface area contributed by atoms with E-state index in [0.29, 0.717) is 17.1 Å². The second-order valence-corrected chi connectivity index (χ2v) is 8.14. The molecule has 5 nitrogen and oxygen atoms in total. The maximum atomic E-state index is 13.6. The molecule has 1 heterocycles. The van der Waals surface area contributed by atoms with Crippen molar-refractivity contribution >= 4 is 40.7 Å². The van der Waals surface area contributed by atoms with Crippen molar-refractivity contribution in [2.75, 3.05) is 11.4 Å². The van der Waals surface area contributed by atoms with Gasteiger partial charge in [-0.05, 0) is 37.1 Å². The quantitative estimate of drug-likeness (QED) is 0.550. The molecule has 3 rings (SSSR count). The van der Waals surface area contributed by atoms with Crippen LogP contribution in [0.25, 0.3) is 0 Å². The molecule has 2 aromatic rings. The summed E-state index contributed by atoms with van der Waals surface area (Å²) in [6, 6.07) is 14.1. The van der Waals surface area contributed by atoms with E-state index in [-0.39, 0.29) is 23.8 Å². The van der Waals surface area contributed by atoms with Crippen LogP contribution in [0.2, 0.25) is 10.0 Å². The number of hydrogen-bond acceptors (Lipinski definition) is 3. The largest absolute Gasteiger partial charge is 0.334 e. The molecule has 7 heteroatoms. The Balaban J connectivity index is 2.00. The summed E-state index contributed by atoms with van der Waals surface area (Å²) in [6.07, 6.45) is 3.23. The summed E-state index contributed by atoms with van der Waals surface area (Å²) in [7, 11) is 0. The minimum absolute atomic E-state index is 0.129. The maximum absolute atomic E-state index is 13.6. The Morgan fingerprint density at radius 1 is 1.17 bits per heavy atom. The molecule has 30 heavy (non-hydrogen) atoms. The van der Waals surface area contributed by atoms with Crippen molar-refractivity contribution in [2.45, 2.75) is 44.6 Å². The van der Waals surface area contributed by atoms with Crippen molar-refractivity contribution in [1.82, 2.24) is 5.32 Å². The highest BCUT2D eigenvalue weighted by molar-refractivity contribution is 6.42. The first-order chi connectivity index (χ1) is 14.4. The number of anilines is 1. The number of carbonyl (C=O) groups excluding carboxylic acids is 2. The smallest absolute Gasteiger partial charge is 0.257 e. The lowest BCUT2D eigenvalue weighted by atomic mass is 9.86. The van der Waals surface area contributed by atoms with Gasteiger partial charge in [-0.25, -0.2) is 0 Å². The number of benzene rings is 2. The standard InChI is InChI=1S/C23H23Cl2N3O2/c1-2-3-6-14-28-20-9-5-4-8-17(20)23(22(28)30,12-7-13-26)27-21(29)16-10-11-18(24)19(25)15-16/h4-5,8-11,15H,2-3,6-7,12,14H2,1H3,(H,27,29). The zero-order valence-electron chi connectivity index (χ0n) is 16.8. The van der Waals surface area contributed by atoms with Gasteiger partial charge in [-0.1, -0.05) is 61.2 Å². The van der Waals surface area contributed by atoms with Gasteiger partial charge in [0.25, 0.3) is 11.8 Å². The summed E-state index contributed by atoms with van der Waals surface area (Å²) in [5, 5.41) is 12.7. The molecule has 1 aliphatic rings. The third-order valence-electron chi connectivity index (χ3n) is 5.37. The third-order valence-corrected chi connectivity index (χ3v) is 6.11. The second kappa shape index (κ2) is 9.51. The summed E-state index contributed by atoms with van der Waals surface area (Å²) in [6.45, 7) is 2.68. The van der Waals surface area contributed by atoms with E-state index in [1.807, 2.05) is 24.3 Å². The van der Waals surface area contributed by atoms with Crippen LogP contribution in [0, 0.1) is 11.3 Å². The number of hydrogen-bond donors (Lipinski definition) is 1. The molecule has 0 radical (unpaired) electrons. The molecule has 2 aromatic carbocycles. The fraction of sp³-hybridized carbons (Fsp3) is 0.348. The zero-order valence-corrected chi connectivity index (χ0v) is 18.3. The van der Waals surface area contributed by atoms with E-state index < -0.39 is 11.4 Å². The fourth-order valence-electron chi connectivity index (χ4n) is 3.84. The molecule has 156 valence electrons. The number of halogens is 2. The van der Waals surface area contributed by atoms with Gasteiger partial charge in [0.1, 0.15) is 5.54 Å². The Kier molecular flexibility index (Phi) is 7.02. The van der Waals surface area contributed by atoms with Crippen molar-refractivity contribution in [1.29, 1.82) is 5.26 Å². The summed E-state index contributed by atoms with van der Waals surface area (Å²) in [5.41, 5.74) is 0.512. The molecule has 0 fully saturated rings. The number of amides is 2. The first-order valence-corrected chi connectivity index (χ1v) is 10.8. The molecule has 1 N–H and O–H groups in total. The molecular formula is C23H23Cl2N3O2. The predicted molar refractivity (Wildman–Crippen MR) is 119 cm³/mol. The van der Waals surface area contributed by atoms with Gasteiger partial charge in [-0.15, -0.1) is 0 Å². The van der Waals surface area contributed by atoms with Crippen LogP contribution in [0.3, 0.4) is 0 Å². The summed E-state index contributed by atoms with van der Waals surface area (Å²) in [5.74, 6) is -0.645. The molecule has 1 aliphatic heterocycles. The zero-order chi connectivity index (χ0) is 21.7. The van der Waals surface area contributed by atoms with Gasteiger partial charge < -0.3 is 10.2 Å². The average Bonchev–Trinajstić information content (AvgIpc) is 2.97. The highest BCUT2D eigenvalue weighted by Gasteiger charge is 2.51. The maximum Gasteiger partial charge on any atom is 0.257 e. The highest BCUT2D eigenvalue weighted by Crippen LogP contribution is 2.43. The predicted octanol–water partition coefficient (Wildman–Crippen LogP) is 5.46. The Morgan fingerprint density at radius 2 is 1.93 bits per heavy atom. The molecule has 0 spiro atoms. The number of nitriles is 1. The average molecular weight is 444 g/mol. The molecule has 0 aliphatic carbocycles. The van der Waals surface area contributed by atoms with Crippen molar-refractivity contribution in [3.8, 4) is 6.07 Å². The van der Waals surface area contributed by atoms with Crippen molar-refractivity contribution < 1.29 is 9.59 Å². The molecule has 0 saturated heterocycles. The Hall–Kier alpha value is -2.55. The minimum atomic E-state index is -1.29. The fourth-order valence-corrected chi connectivity index (χ4v) is 4.14. The lowest BCUT2D eigenvalue weighted by Crippen LogP contribution is -2.53. The van der Waals surface area contributed by atoms with Gasteiger partial charge in [0, 0.05) is 29.8 Å². The van der Waals surface area contributed by atoms with E-state index in [4.69, 9.17) is 23.2 Å². The first-order valence-electron chi connectivity index (χ1n) is 10.0. The normalized spacial score (nSPS) is 17.5. The molecule has 0 bridgehead atoms. The van der Waals surface area contributed by atoms with E-state index in [1.165, 1.54) is 6.07 Å². The monoisotopic (exact) mass is 443 g/mol. The van der Waals surface area contributed by atoms with Crippen molar-refractivity contribution in [3.05, 3.63) is 63.6 Å². The van der Waals surface area contributed by atoms with Gasteiger partial charge in [0.15, 0.2) is 0 Å². The first kappa shape index (κ1) is 22.1. The Morgan fingerprint density at radius 3 is 2.63 bits per heavy atom. The molecule has 1 unspecified atom stereocenters. The number of rotatable bonds is 8. The van der Waals surface area contributed by atoms with Crippen molar-refractivity contribution in [2.24, 2.45) is 0 Å². The lowest BCUT2D eigenvalue weighted by molar-refractivity contribution is -0.124. The van der Waals surface area contributed by atoms with Gasteiger partial charge in [0.05, 0.1) is 16.1 Å². The van der Waals surface area contributed by atoms with E-state index in [9.17, 15) is 14.9 Å². The Bertz CT molecular complexity index is 1000. The van der Waals surface area contributed by atoms with E-state index in [1.54, 1.807) is 17.0 Å². The number of nitrogens with zero attached hydrogens (tertiary/aromatic N) is 2. The molecule has 0 aromatic heterocycles. The van der Waals surface area contributed by atoms with Crippen LogP contribution >= 0.6 is 23.2 Å². The molecule has 2 amide bonds. The van der Waals surface area contributed by atoms with E-state index in [0.717, 1.165) is 30.5 Å². The lowest BCUT2D eigenvalue weighted by Gasteiger charge is -2.29. The molecule has 1 atom stereocenters. The Labute approximate surface area is 186 Å². The van der Waals surface area contributed by atoms with Gasteiger partial charge in [-0.2, -0.15) is 5.26 Å². The number of unbranched alkanes of at least 4 members (excludes halogenated alkanes) is 2. The third kappa shape index (κ3) is 4.16. The second-order valence-electron chi connectivity index (χ2n) is 7.33. The van der Waals surface area contributed by atoms with Crippen LogP contribution in [0.1, 0.15) is 54.9 Å². The number of nitrogens with one attached hydrogen (secondary N) is 1. The topological polar surface area (TPSA) is 73.2 Å². The molecular weight excluding hydrogens is 421 g/mol. The molecule has 0 saturated carbocycles. The summed E-state index contributed by atoms with van der Waals surface area (Å²) in [4.78, 5) is 28.4. The van der Waals surface area contributed by atoms with Gasteiger partial charge in [0.2, 0.25) is 0 Å². The van der Waals surface area contributed by atoms with Gasteiger partial charge >= 0.3 is 0 Å². The van der Waals surface area contributed by atoms with Crippen LogP contribution in [-0.4, -0.2) is 18.4 Å². The van der Waals surface area contributed by atoms with Crippen LogP contribution < -0.4 is 10.2 Å². The van der Waals surface area contributed by atoms with E-state index >= 15 is 0 Å². The SMILES string of the molecule is CCCCCN1C(=O)C(CCC#N)(NC(=O)c2ccc(Cl)c(Cl)c2)c2ccccc21. The van der Waals surface area contributed by atoms with Crippen LogP contribution in [0.4, 0.5) is 5.69 Å². The van der Waals surface area contributed by atoms with Crippen LogP contribution in [-0.2, 0) is 10.3 Å². The number of carbonyl (C=O) groups is 2. The van der Waals surface area contributed by atoms with Gasteiger partial charge in [-0.3, -0.25) is 9.59 Å². The van der Waals surface area contributed by atoms with Crippen LogP contribution in [0.15, 0.2) is 42.5 Å². The number of para-hydroxylation sites is 1. The summed E-state index contributed by atoms with van der Waals surface area (Å²) < 4.78 is 0. The minimum Gasteiger partial charge on any atom is -0.334 e. The van der Waals surface area contributed by atoms with Crippen molar-refractivity contribution in [3.63, 3.8) is 0 Å². The number of fused-ring (bicyclic) bond motifs is 1.